The Bertz CT molecular complexity index is 866. The Hall–Kier alpha value is -1.45. The molecule has 0 radical (unpaired) electrons. The average Bonchev–Trinajstić information content (AvgIpc) is 3.29. The van der Waals surface area contributed by atoms with E-state index in [1.165, 1.54) is 15.8 Å². The van der Waals surface area contributed by atoms with Crippen molar-refractivity contribution in [1.82, 2.24) is 4.98 Å². The van der Waals surface area contributed by atoms with Crippen molar-refractivity contribution in [2.24, 2.45) is 11.8 Å². The molecule has 0 aliphatic heterocycles. The van der Waals surface area contributed by atoms with E-state index in [1.54, 1.807) is 0 Å². The maximum absolute atomic E-state index is 14.3. The van der Waals surface area contributed by atoms with Gasteiger partial charge in [0.25, 0.3) is 0 Å². The van der Waals surface area contributed by atoms with Crippen LogP contribution in [0.15, 0.2) is 54.2 Å². The van der Waals surface area contributed by atoms with Crippen LogP contribution in [0, 0.1) is 11.8 Å². The molecule has 1 aromatic carbocycles. The number of pyridine rings is 1. The predicted octanol–water partition coefficient (Wildman–Crippen LogP) is 6.83. The summed E-state index contributed by atoms with van der Waals surface area (Å²) in [6.45, 7) is 0. The lowest BCUT2D eigenvalue weighted by Crippen LogP contribution is -2.19. The van der Waals surface area contributed by atoms with Crippen molar-refractivity contribution in [3.63, 3.8) is 0 Å². The molecule has 2 unspecified atom stereocenters. The van der Waals surface area contributed by atoms with Gasteiger partial charge in [0.1, 0.15) is 6.17 Å². The van der Waals surface area contributed by atoms with Gasteiger partial charge in [-0.2, -0.15) is 0 Å². The van der Waals surface area contributed by atoms with Crippen molar-refractivity contribution in [1.29, 1.82) is 0 Å². The second-order valence-corrected chi connectivity index (χ2v) is 9.22. The molecule has 4 heteroatoms. The largest absolute Gasteiger partial charge is 0.264 e. The summed E-state index contributed by atoms with van der Waals surface area (Å²) in [5.74, 6) is 0.685. The van der Waals surface area contributed by atoms with E-state index in [1.807, 2.05) is 29.8 Å². The number of fused-ring (bicyclic) bond motifs is 1. The maximum atomic E-state index is 14.3. The van der Waals surface area contributed by atoms with Crippen molar-refractivity contribution in [2.45, 2.75) is 50.1 Å². The lowest BCUT2D eigenvalue weighted by atomic mass is 9.86. The molecule has 1 aliphatic rings. The highest BCUT2D eigenvalue weighted by Crippen LogP contribution is 2.43. The van der Waals surface area contributed by atoms with E-state index >= 15 is 0 Å². The molecule has 1 fully saturated rings. The van der Waals surface area contributed by atoms with Crippen LogP contribution in [-0.2, 0) is 12.8 Å². The standard InChI is InChI=1S/C23H25ClFNS/c24-23-21(9-7-16-6-8-19-15-26-11-10-17(19)13-16)18(14-22(23)25)3-1-4-20-5-2-12-27-20/h2,5-6,8,10-13,15,18,21-23H,1,3-4,7,9,14H2/t18-,21+,22?,23?/m0/s1. The Kier molecular flexibility index (Phi) is 6.09. The highest BCUT2D eigenvalue weighted by Gasteiger charge is 2.41. The molecule has 4 rings (SSSR count). The third kappa shape index (κ3) is 4.52. The number of benzene rings is 1. The smallest absolute Gasteiger partial charge is 0.117 e. The molecule has 0 saturated heterocycles. The van der Waals surface area contributed by atoms with Crippen molar-refractivity contribution in [3.05, 3.63) is 64.6 Å². The first-order valence-electron chi connectivity index (χ1n) is 9.84. The van der Waals surface area contributed by atoms with Crippen LogP contribution in [0.3, 0.4) is 0 Å². The molecular formula is C23H25ClFNS. The minimum atomic E-state index is -0.855. The normalized spacial score (nSPS) is 25.3. The minimum absolute atomic E-state index is 0.276. The second kappa shape index (κ2) is 8.70. The number of aryl methyl sites for hydroxylation is 2. The quantitative estimate of drug-likeness (QED) is 0.395. The number of halogens is 2. The van der Waals surface area contributed by atoms with Crippen molar-refractivity contribution in [3.8, 4) is 0 Å². The van der Waals surface area contributed by atoms with E-state index in [9.17, 15) is 4.39 Å². The number of hydrogen-bond donors (Lipinski definition) is 0. The number of thiophene rings is 1. The summed E-state index contributed by atoms with van der Waals surface area (Å²) < 4.78 is 14.3. The van der Waals surface area contributed by atoms with Gasteiger partial charge in [-0.15, -0.1) is 22.9 Å². The van der Waals surface area contributed by atoms with E-state index in [-0.39, 0.29) is 11.3 Å². The topological polar surface area (TPSA) is 12.9 Å². The molecule has 0 bridgehead atoms. The molecule has 0 N–H and O–H groups in total. The fourth-order valence-corrected chi connectivity index (χ4v) is 5.65. The van der Waals surface area contributed by atoms with Crippen LogP contribution < -0.4 is 0 Å². The molecule has 1 saturated carbocycles. The molecule has 0 amide bonds. The first kappa shape index (κ1) is 18.9. The van der Waals surface area contributed by atoms with E-state index in [2.05, 4.69) is 40.7 Å². The average molecular weight is 402 g/mol. The van der Waals surface area contributed by atoms with Crippen LogP contribution in [0.25, 0.3) is 10.8 Å². The molecule has 142 valence electrons. The Morgan fingerprint density at radius 3 is 2.89 bits per heavy atom. The maximum Gasteiger partial charge on any atom is 0.117 e. The summed E-state index contributed by atoms with van der Waals surface area (Å²) in [4.78, 5) is 5.59. The van der Waals surface area contributed by atoms with Crippen molar-refractivity contribution in [2.75, 3.05) is 0 Å². The van der Waals surface area contributed by atoms with Gasteiger partial charge in [0.2, 0.25) is 0 Å². The first-order valence-corrected chi connectivity index (χ1v) is 11.2. The van der Waals surface area contributed by atoms with Gasteiger partial charge >= 0.3 is 0 Å². The fraction of sp³-hybridized carbons (Fsp3) is 0.435. The number of alkyl halides is 2. The monoisotopic (exact) mass is 401 g/mol. The molecular weight excluding hydrogens is 377 g/mol. The Morgan fingerprint density at radius 2 is 2.04 bits per heavy atom. The van der Waals surface area contributed by atoms with Gasteiger partial charge in [-0.1, -0.05) is 24.3 Å². The Labute approximate surface area is 169 Å². The zero-order valence-corrected chi connectivity index (χ0v) is 16.9. The van der Waals surface area contributed by atoms with Crippen LogP contribution in [0.1, 0.15) is 36.1 Å². The van der Waals surface area contributed by atoms with Gasteiger partial charge in [-0.25, -0.2) is 4.39 Å². The fourth-order valence-electron chi connectivity index (χ4n) is 4.46. The minimum Gasteiger partial charge on any atom is -0.264 e. The van der Waals surface area contributed by atoms with Gasteiger partial charge in [0, 0.05) is 22.7 Å². The van der Waals surface area contributed by atoms with Crippen molar-refractivity contribution < 1.29 is 4.39 Å². The third-order valence-electron chi connectivity index (χ3n) is 5.94. The molecule has 3 aromatic rings. The molecule has 2 aromatic heterocycles. The summed E-state index contributed by atoms with van der Waals surface area (Å²) in [6, 6.07) is 12.9. The Balaban J connectivity index is 1.36. The van der Waals surface area contributed by atoms with Crippen LogP contribution >= 0.6 is 22.9 Å². The predicted molar refractivity (Wildman–Crippen MR) is 113 cm³/mol. The molecule has 0 spiro atoms. The molecule has 2 heterocycles. The summed E-state index contributed by atoms with van der Waals surface area (Å²) in [6.07, 6.45) is 8.73. The van der Waals surface area contributed by atoms with Crippen LogP contribution in [0.5, 0.6) is 0 Å². The Morgan fingerprint density at radius 1 is 1.11 bits per heavy atom. The first-order chi connectivity index (χ1) is 13.2. The highest BCUT2D eigenvalue weighted by atomic mass is 35.5. The summed E-state index contributed by atoms with van der Waals surface area (Å²) in [5, 5.41) is 4.17. The SMILES string of the molecule is FC1C[C@H](CCCc2cccs2)[C@@H](CCc2ccc3cnccc3c2)C1Cl. The van der Waals surface area contributed by atoms with Crippen LogP contribution in [-0.4, -0.2) is 16.5 Å². The van der Waals surface area contributed by atoms with Gasteiger partial charge in [-0.3, -0.25) is 4.98 Å². The molecule has 27 heavy (non-hydrogen) atoms. The zero-order valence-electron chi connectivity index (χ0n) is 15.4. The van der Waals surface area contributed by atoms with Gasteiger partial charge in [0.15, 0.2) is 0 Å². The van der Waals surface area contributed by atoms with E-state index in [4.69, 9.17) is 11.6 Å². The summed E-state index contributed by atoms with van der Waals surface area (Å²) >= 11 is 8.29. The number of nitrogens with zero attached hydrogens (tertiary/aromatic N) is 1. The van der Waals surface area contributed by atoms with Gasteiger partial charge < -0.3 is 0 Å². The summed E-state index contributed by atoms with van der Waals surface area (Å²) in [5.41, 5.74) is 1.30. The van der Waals surface area contributed by atoms with Gasteiger partial charge in [-0.05, 0) is 78.8 Å². The lowest BCUT2D eigenvalue weighted by Gasteiger charge is -2.21. The van der Waals surface area contributed by atoms with E-state index in [0.717, 1.165) is 37.5 Å². The number of rotatable bonds is 7. The summed E-state index contributed by atoms with van der Waals surface area (Å²) in [7, 11) is 0. The lowest BCUT2D eigenvalue weighted by molar-refractivity contribution is 0.329. The van der Waals surface area contributed by atoms with Crippen LogP contribution in [0.4, 0.5) is 4.39 Å². The van der Waals surface area contributed by atoms with E-state index in [0.29, 0.717) is 12.3 Å². The molecule has 1 aliphatic carbocycles. The zero-order chi connectivity index (χ0) is 18.6. The number of aromatic nitrogens is 1. The van der Waals surface area contributed by atoms with Crippen LogP contribution in [0.2, 0.25) is 0 Å². The number of hydrogen-bond acceptors (Lipinski definition) is 2. The highest BCUT2D eigenvalue weighted by molar-refractivity contribution is 7.09. The third-order valence-corrected chi connectivity index (χ3v) is 7.47. The van der Waals surface area contributed by atoms with Gasteiger partial charge in [0.05, 0.1) is 5.38 Å². The molecule has 4 atom stereocenters. The second-order valence-electron chi connectivity index (χ2n) is 7.69. The van der Waals surface area contributed by atoms with Crippen molar-refractivity contribution >= 4 is 33.7 Å². The van der Waals surface area contributed by atoms with E-state index < -0.39 is 6.17 Å². The molecule has 1 nitrogen and oxygen atoms in total.